The zero-order valence-corrected chi connectivity index (χ0v) is 23.2. The Balaban J connectivity index is 3.03. The van der Waals surface area contributed by atoms with Gasteiger partial charge in [-0.25, -0.2) is 9.59 Å². The van der Waals surface area contributed by atoms with E-state index < -0.39 is 46.4 Å². The van der Waals surface area contributed by atoms with E-state index >= 15 is 0 Å². The van der Waals surface area contributed by atoms with Gasteiger partial charge in [-0.15, -0.1) is 0 Å². The van der Waals surface area contributed by atoms with Crippen molar-refractivity contribution in [2.75, 3.05) is 19.7 Å². The highest BCUT2D eigenvalue weighted by Gasteiger charge is 2.29. The first-order valence-electron chi connectivity index (χ1n) is 12.0. The van der Waals surface area contributed by atoms with Crippen LogP contribution in [0.4, 0.5) is 4.79 Å². The zero-order chi connectivity index (χ0) is 28.8. The lowest BCUT2D eigenvalue weighted by Gasteiger charge is -2.27. The molecule has 0 heterocycles. The van der Waals surface area contributed by atoms with E-state index in [2.05, 4.69) is 10.6 Å². The van der Waals surface area contributed by atoms with Gasteiger partial charge in [-0.1, -0.05) is 0 Å². The van der Waals surface area contributed by atoms with Gasteiger partial charge < -0.3 is 35.7 Å². The number of esters is 3. The number of benzene rings is 1. The molecule has 0 saturated carbocycles. The first-order chi connectivity index (χ1) is 16.7. The quantitative estimate of drug-likeness (QED) is 0.266. The highest BCUT2D eigenvalue weighted by atomic mass is 16.6. The second kappa shape index (κ2) is 12.4. The Morgan fingerprint density at radius 1 is 0.919 bits per heavy atom. The third-order valence-electron chi connectivity index (χ3n) is 5.07. The molecule has 0 bridgehead atoms. The summed E-state index contributed by atoms with van der Waals surface area (Å²) in [5, 5.41) is 15.8. The minimum Gasteiger partial charge on any atom is -0.459 e. The molecule has 0 aromatic heterocycles. The van der Waals surface area contributed by atoms with Crippen molar-refractivity contribution in [3.05, 3.63) is 23.3 Å². The number of rotatable bonds is 10. The lowest BCUT2D eigenvalue weighted by atomic mass is 9.97. The summed E-state index contributed by atoms with van der Waals surface area (Å²) in [5.74, 6) is -1.98. The number of nitrogens with two attached hydrogens (primary N) is 1. The Bertz CT molecular complexity index is 1010. The number of amides is 2. The molecule has 1 aromatic carbocycles. The van der Waals surface area contributed by atoms with E-state index in [-0.39, 0.29) is 36.8 Å². The molecule has 0 spiro atoms. The molecule has 0 aliphatic heterocycles. The van der Waals surface area contributed by atoms with Crippen LogP contribution in [0.3, 0.4) is 0 Å². The van der Waals surface area contributed by atoms with Crippen molar-refractivity contribution in [2.45, 2.75) is 74.0 Å². The number of hydrogen-bond acceptors (Lipinski definition) is 9. The molecule has 0 aliphatic rings. The second-order valence-electron chi connectivity index (χ2n) is 11.6. The van der Waals surface area contributed by atoms with Gasteiger partial charge in [0.05, 0.1) is 16.4 Å². The highest BCUT2D eigenvalue weighted by Crippen LogP contribution is 2.34. The first kappa shape index (κ1) is 31.8. The van der Waals surface area contributed by atoms with Crippen molar-refractivity contribution >= 4 is 23.9 Å². The summed E-state index contributed by atoms with van der Waals surface area (Å²) in [6.07, 6.45) is -1.04. The van der Waals surface area contributed by atoms with Crippen LogP contribution in [0, 0.1) is 17.8 Å². The minimum absolute atomic E-state index is 0.00242. The monoisotopic (exact) mass is 523 g/mol. The van der Waals surface area contributed by atoms with E-state index in [0.29, 0.717) is 5.56 Å². The summed E-state index contributed by atoms with van der Waals surface area (Å²) in [4.78, 5) is 48.7. The second-order valence-corrected chi connectivity index (χ2v) is 11.6. The van der Waals surface area contributed by atoms with Crippen LogP contribution in [0.25, 0.3) is 0 Å². The van der Waals surface area contributed by atoms with Gasteiger partial charge in [0.25, 0.3) is 0 Å². The van der Waals surface area contributed by atoms with Crippen LogP contribution in [0.1, 0.15) is 71.3 Å². The van der Waals surface area contributed by atoms with Crippen LogP contribution < -0.4 is 25.8 Å². The van der Waals surface area contributed by atoms with Gasteiger partial charge in [0, 0.05) is 18.6 Å². The summed E-state index contributed by atoms with van der Waals surface area (Å²) in [6, 6.07) is 2.06. The van der Waals surface area contributed by atoms with E-state index in [4.69, 9.17) is 19.9 Å². The van der Waals surface area contributed by atoms with Crippen LogP contribution in [-0.4, -0.2) is 60.4 Å². The highest BCUT2D eigenvalue weighted by molar-refractivity contribution is 5.93. The van der Waals surface area contributed by atoms with E-state index in [9.17, 15) is 24.3 Å². The molecular weight excluding hydrogens is 482 g/mol. The van der Waals surface area contributed by atoms with Gasteiger partial charge in [-0.3, -0.25) is 9.59 Å². The number of β-amino-alcohol motifs (C(OH)–C–C–N with tert-alkyl or cyclic N) is 1. The maximum Gasteiger partial charge on any atom is 0.338 e. The first-order valence-corrected chi connectivity index (χ1v) is 12.0. The molecule has 0 aliphatic carbocycles. The number of nitrogens with one attached hydrogen (secondary N) is 2. The predicted octanol–water partition coefficient (Wildman–Crippen LogP) is 2.45. The van der Waals surface area contributed by atoms with Gasteiger partial charge in [0.15, 0.2) is 11.5 Å². The van der Waals surface area contributed by atoms with Crippen molar-refractivity contribution in [2.24, 2.45) is 16.6 Å². The molecule has 37 heavy (non-hydrogen) atoms. The van der Waals surface area contributed by atoms with Crippen LogP contribution in [0.5, 0.6) is 11.5 Å². The fourth-order valence-corrected chi connectivity index (χ4v) is 2.62. The molecule has 0 saturated heterocycles. The van der Waals surface area contributed by atoms with Gasteiger partial charge in [0.2, 0.25) is 0 Å². The Labute approximate surface area is 218 Å². The molecule has 5 N–H and O–H groups in total. The molecular formula is C26H41N3O8. The summed E-state index contributed by atoms with van der Waals surface area (Å²) in [5.41, 5.74) is 3.35. The third-order valence-corrected chi connectivity index (χ3v) is 5.07. The lowest BCUT2D eigenvalue weighted by molar-refractivity contribution is -0.145. The minimum atomic E-state index is -1.04. The number of aliphatic hydroxyl groups excluding tert-OH is 1. The van der Waals surface area contributed by atoms with Gasteiger partial charge in [-0.05, 0) is 80.0 Å². The third kappa shape index (κ3) is 10.8. The molecule has 2 amide bonds. The predicted molar refractivity (Wildman–Crippen MR) is 137 cm³/mol. The van der Waals surface area contributed by atoms with Crippen molar-refractivity contribution in [1.82, 2.24) is 10.6 Å². The number of primary amides is 1. The number of carbonyl (C=O) groups excluding carboxylic acids is 4. The van der Waals surface area contributed by atoms with Crippen molar-refractivity contribution in [1.29, 1.82) is 0 Å². The number of ether oxygens (including phenoxy) is 3. The largest absolute Gasteiger partial charge is 0.459 e. The standard InChI is InChI=1S/C26H41N3O8/c1-15-10-18(36-21(32)24(2,3)4)19(37-22(33)25(5,6)7)11-17(15)20(31)35-13-16(30)12-29-26(8,9)14-28-23(27)34/h10-11,16,29-30H,12-14H2,1-9H3,(H3,27,28,34). The van der Waals surface area contributed by atoms with Crippen LogP contribution in [0.2, 0.25) is 0 Å². The molecule has 1 atom stereocenters. The van der Waals surface area contributed by atoms with Crippen molar-refractivity contribution < 1.29 is 38.5 Å². The average Bonchev–Trinajstić information content (AvgIpc) is 2.75. The number of aliphatic hydroxyl groups is 1. The molecule has 11 heteroatoms. The van der Waals surface area contributed by atoms with Crippen molar-refractivity contribution in [3.8, 4) is 11.5 Å². The molecule has 208 valence electrons. The molecule has 0 fully saturated rings. The maximum absolute atomic E-state index is 12.8. The van der Waals surface area contributed by atoms with Crippen LogP contribution >= 0.6 is 0 Å². The normalized spacial score (nSPS) is 12.9. The Hall–Kier alpha value is -3.18. The average molecular weight is 524 g/mol. The zero-order valence-electron chi connectivity index (χ0n) is 23.2. The topological polar surface area (TPSA) is 166 Å². The number of hydrogen-bond donors (Lipinski definition) is 4. The Kier molecular flexibility index (Phi) is 10.7. The smallest absolute Gasteiger partial charge is 0.338 e. The fourth-order valence-electron chi connectivity index (χ4n) is 2.62. The van der Waals surface area contributed by atoms with Gasteiger partial charge in [-0.2, -0.15) is 0 Å². The van der Waals surface area contributed by atoms with Crippen LogP contribution in [0.15, 0.2) is 12.1 Å². The SMILES string of the molecule is Cc1cc(OC(=O)C(C)(C)C)c(OC(=O)C(C)(C)C)cc1C(=O)OCC(O)CNC(C)(C)CNC(N)=O. The molecule has 1 unspecified atom stereocenters. The summed E-state index contributed by atoms with van der Waals surface area (Å²) in [6.45, 7) is 15.3. The summed E-state index contributed by atoms with van der Waals surface area (Å²) in [7, 11) is 0. The molecule has 1 aromatic rings. The maximum atomic E-state index is 12.8. The van der Waals surface area contributed by atoms with E-state index in [1.165, 1.54) is 12.1 Å². The van der Waals surface area contributed by atoms with E-state index in [1.54, 1.807) is 62.3 Å². The number of aryl methyl sites for hydroxylation is 1. The Morgan fingerprint density at radius 2 is 1.41 bits per heavy atom. The molecule has 0 radical (unpaired) electrons. The van der Waals surface area contributed by atoms with Crippen LogP contribution in [-0.2, 0) is 14.3 Å². The summed E-state index contributed by atoms with van der Waals surface area (Å²) >= 11 is 0. The van der Waals surface area contributed by atoms with Crippen molar-refractivity contribution in [3.63, 3.8) is 0 Å². The fraction of sp³-hybridized carbons (Fsp3) is 0.615. The van der Waals surface area contributed by atoms with E-state index in [0.717, 1.165) is 0 Å². The Morgan fingerprint density at radius 3 is 1.86 bits per heavy atom. The number of carbonyl (C=O) groups is 4. The van der Waals surface area contributed by atoms with Gasteiger partial charge in [0.1, 0.15) is 12.7 Å². The van der Waals surface area contributed by atoms with Gasteiger partial charge >= 0.3 is 23.9 Å². The summed E-state index contributed by atoms with van der Waals surface area (Å²) < 4.78 is 16.2. The molecule has 11 nitrogen and oxygen atoms in total. The molecule has 1 rings (SSSR count). The number of urea groups is 1. The lowest BCUT2D eigenvalue weighted by Crippen LogP contribution is -2.52. The van der Waals surface area contributed by atoms with E-state index in [1.807, 2.05) is 0 Å².